The van der Waals surface area contributed by atoms with E-state index in [-0.39, 0.29) is 36.4 Å². The van der Waals surface area contributed by atoms with Crippen LogP contribution >= 0.6 is 24.0 Å². The normalized spacial score (nSPS) is 20.0. The van der Waals surface area contributed by atoms with Gasteiger partial charge in [-0.15, -0.1) is 24.0 Å². The summed E-state index contributed by atoms with van der Waals surface area (Å²) in [7, 11) is 1.62. The van der Waals surface area contributed by atoms with Crippen molar-refractivity contribution < 1.29 is 9.53 Å². The van der Waals surface area contributed by atoms with Gasteiger partial charge in [0.1, 0.15) is 6.54 Å². The van der Waals surface area contributed by atoms with Gasteiger partial charge in [-0.05, 0) is 32.6 Å². The number of hydrogen-bond acceptors (Lipinski definition) is 4. The van der Waals surface area contributed by atoms with Gasteiger partial charge in [-0.25, -0.2) is 4.99 Å². The highest BCUT2D eigenvalue weighted by atomic mass is 127. The topological polar surface area (TPSA) is 78.0 Å². The van der Waals surface area contributed by atoms with Crippen LogP contribution in [0.5, 0.6) is 0 Å². The summed E-state index contributed by atoms with van der Waals surface area (Å²) in [6.45, 7) is 6.35. The molecule has 1 saturated heterocycles. The SMILES string of the molecule is CCNC(=NCC(=O)NCCOC)NC1CCN(C2CCCCC2)CC1.I. The Bertz CT molecular complexity index is 436. The molecule has 0 unspecified atom stereocenters. The number of carbonyl (C=O) groups is 1. The van der Waals surface area contributed by atoms with Gasteiger partial charge in [-0.2, -0.15) is 0 Å². The Labute approximate surface area is 181 Å². The molecule has 0 radical (unpaired) electrons. The average molecular weight is 495 g/mol. The van der Waals surface area contributed by atoms with Crippen LogP contribution in [0.15, 0.2) is 4.99 Å². The summed E-state index contributed by atoms with van der Waals surface area (Å²) in [6.07, 6.45) is 9.23. The fourth-order valence-electron chi connectivity index (χ4n) is 3.87. The monoisotopic (exact) mass is 495 g/mol. The van der Waals surface area contributed by atoms with Crippen molar-refractivity contribution in [2.75, 3.05) is 46.4 Å². The summed E-state index contributed by atoms with van der Waals surface area (Å²) < 4.78 is 4.93. The number of aliphatic imine (C=N–C) groups is 1. The molecule has 1 aliphatic heterocycles. The lowest BCUT2D eigenvalue weighted by atomic mass is 9.92. The highest BCUT2D eigenvalue weighted by molar-refractivity contribution is 14.0. The fraction of sp³-hybridized carbons (Fsp3) is 0.895. The maximum atomic E-state index is 11.8. The first-order valence-electron chi connectivity index (χ1n) is 10.3. The summed E-state index contributed by atoms with van der Waals surface area (Å²) in [5.41, 5.74) is 0. The van der Waals surface area contributed by atoms with Crippen molar-refractivity contribution in [3.63, 3.8) is 0 Å². The third kappa shape index (κ3) is 9.43. The molecule has 0 aromatic carbocycles. The second-order valence-electron chi connectivity index (χ2n) is 7.28. The Kier molecular flexibility index (Phi) is 13.0. The van der Waals surface area contributed by atoms with Gasteiger partial charge in [-0.3, -0.25) is 4.79 Å². The molecular formula is C19H38IN5O2. The molecule has 8 heteroatoms. The van der Waals surface area contributed by atoms with E-state index in [2.05, 4.69) is 25.8 Å². The summed E-state index contributed by atoms with van der Waals surface area (Å²) in [5.74, 6) is 0.664. The van der Waals surface area contributed by atoms with Gasteiger partial charge in [0.15, 0.2) is 5.96 Å². The van der Waals surface area contributed by atoms with E-state index < -0.39 is 0 Å². The smallest absolute Gasteiger partial charge is 0.241 e. The van der Waals surface area contributed by atoms with E-state index in [1.165, 1.54) is 45.2 Å². The zero-order valence-corrected chi connectivity index (χ0v) is 19.3. The average Bonchev–Trinajstić information content (AvgIpc) is 2.68. The largest absolute Gasteiger partial charge is 0.383 e. The number of nitrogens with zero attached hydrogens (tertiary/aromatic N) is 2. The van der Waals surface area contributed by atoms with Crippen molar-refractivity contribution in [3.05, 3.63) is 0 Å². The number of halogens is 1. The quantitative estimate of drug-likeness (QED) is 0.207. The Hall–Kier alpha value is -0.610. The maximum Gasteiger partial charge on any atom is 0.241 e. The first-order valence-corrected chi connectivity index (χ1v) is 10.3. The fourth-order valence-corrected chi connectivity index (χ4v) is 3.87. The van der Waals surface area contributed by atoms with Crippen molar-refractivity contribution in [1.82, 2.24) is 20.9 Å². The van der Waals surface area contributed by atoms with Gasteiger partial charge in [0, 0.05) is 45.4 Å². The number of likely N-dealkylation sites (tertiary alicyclic amines) is 1. The van der Waals surface area contributed by atoms with Gasteiger partial charge < -0.3 is 25.6 Å². The lowest BCUT2D eigenvalue weighted by Gasteiger charge is -2.39. The molecule has 2 aliphatic rings. The predicted octanol–water partition coefficient (Wildman–Crippen LogP) is 1.72. The molecular weight excluding hydrogens is 457 g/mol. The van der Waals surface area contributed by atoms with Crippen LogP contribution in [0.1, 0.15) is 51.9 Å². The van der Waals surface area contributed by atoms with Crippen LogP contribution < -0.4 is 16.0 Å². The molecule has 2 rings (SSSR count). The minimum absolute atomic E-state index is 0. The molecule has 0 bridgehead atoms. The van der Waals surface area contributed by atoms with Crippen molar-refractivity contribution >= 4 is 35.8 Å². The molecule has 1 amide bonds. The minimum Gasteiger partial charge on any atom is -0.383 e. The molecule has 0 aromatic rings. The van der Waals surface area contributed by atoms with Crippen LogP contribution in [0.3, 0.4) is 0 Å². The molecule has 2 fully saturated rings. The Morgan fingerprint density at radius 1 is 1.11 bits per heavy atom. The number of hydrogen-bond donors (Lipinski definition) is 3. The van der Waals surface area contributed by atoms with E-state index in [0.29, 0.717) is 19.2 Å². The highest BCUT2D eigenvalue weighted by Gasteiger charge is 2.26. The molecule has 0 spiro atoms. The predicted molar refractivity (Wildman–Crippen MR) is 121 cm³/mol. The van der Waals surface area contributed by atoms with E-state index in [0.717, 1.165) is 31.4 Å². The van der Waals surface area contributed by atoms with Crippen LogP contribution in [-0.4, -0.2) is 75.3 Å². The number of amides is 1. The van der Waals surface area contributed by atoms with E-state index >= 15 is 0 Å². The second-order valence-corrected chi connectivity index (χ2v) is 7.28. The number of guanidine groups is 1. The van der Waals surface area contributed by atoms with Crippen LogP contribution in [0.4, 0.5) is 0 Å². The number of methoxy groups -OCH3 is 1. The molecule has 3 N–H and O–H groups in total. The van der Waals surface area contributed by atoms with Crippen LogP contribution in [0, 0.1) is 0 Å². The van der Waals surface area contributed by atoms with Gasteiger partial charge in [0.25, 0.3) is 0 Å². The van der Waals surface area contributed by atoms with Gasteiger partial charge in [0.05, 0.1) is 6.61 Å². The first-order chi connectivity index (χ1) is 12.7. The molecule has 0 atom stereocenters. The van der Waals surface area contributed by atoms with Crippen LogP contribution in [-0.2, 0) is 9.53 Å². The Balaban J connectivity index is 0.00000364. The van der Waals surface area contributed by atoms with E-state index in [4.69, 9.17) is 4.74 Å². The molecule has 7 nitrogen and oxygen atoms in total. The van der Waals surface area contributed by atoms with Gasteiger partial charge in [-0.1, -0.05) is 19.3 Å². The lowest BCUT2D eigenvalue weighted by Crippen LogP contribution is -2.51. The highest BCUT2D eigenvalue weighted by Crippen LogP contribution is 2.25. The zero-order chi connectivity index (χ0) is 18.6. The van der Waals surface area contributed by atoms with Crippen molar-refractivity contribution in [3.8, 4) is 0 Å². The Morgan fingerprint density at radius 3 is 2.44 bits per heavy atom. The standard InChI is InChI=1S/C19H37N5O2.HI/c1-3-20-19(22-15-18(25)21-11-14-26-2)23-16-9-12-24(13-10-16)17-7-5-4-6-8-17;/h16-17H,3-15H2,1-2H3,(H,21,25)(H2,20,22,23);1H. The number of ether oxygens (including phenoxy) is 1. The lowest BCUT2D eigenvalue weighted by molar-refractivity contribution is -0.119. The summed E-state index contributed by atoms with van der Waals surface area (Å²) in [4.78, 5) is 18.9. The molecule has 0 aromatic heterocycles. The van der Waals surface area contributed by atoms with E-state index in [9.17, 15) is 4.79 Å². The summed E-state index contributed by atoms with van der Waals surface area (Å²) >= 11 is 0. The number of piperidine rings is 1. The molecule has 1 saturated carbocycles. The summed E-state index contributed by atoms with van der Waals surface area (Å²) in [6, 6.07) is 1.24. The third-order valence-electron chi connectivity index (χ3n) is 5.31. The van der Waals surface area contributed by atoms with Crippen LogP contribution in [0.25, 0.3) is 0 Å². The molecule has 27 heavy (non-hydrogen) atoms. The maximum absolute atomic E-state index is 11.8. The third-order valence-corrected chi connectivity index (χ3v) is 5.31. The van der Waals surface area contributed by atoms with Crippen molar-refractivity contribution in [1.29, 1.82) is 0 Å². The van der Waals surface area contributed by atoms with Gasteiger partial charge in [0.2, 0.25) is 5.91 Å². The number of carbonyl (C=O) groups excluding carboxylic acids is 1. The van der Waals surface area contributed by atoms with Gasteiger partial charge >= 0.3 is 0 Å². The first kappa shape index (κ1) is 24.4. The second kappa shape index (κ2) is 14.4. The van der Waals surface area contributed by atoms with E-state index in [1.807, 2.05) is 6.92 Å². The summed E-state index contributed by atoms with van der Waals surface area (Å²) in [5, 5.41) is 9.55. The number of rotatable bonds is 8. The van der Waals surface area contributed by atoms with Crippen LogP contribution in [0.2, 0.25) is 0 Å². The Morgan fingerprint density at radius 2 is 1.81 bits per heavy atom. The van der Waals surface area contributed by atoms with Crippen molar-refractivity contribution in [2.24, 2.45) is 4.99 Å². The molecule has 158 valence electrons. The zero-order valence-electron chi connectivity index (χ0n) is 17.0. The van der Waals surface area contributed by atoms with E-state index in [1.54, 1.807) is 7.11 Å². The van der Waals surface area contributed by atoms with Crippen molar-refractivity contribution in [2.45, 2.75) is 64.0 Å². The molecule has 1 heterocycles. The minimum atomic E-state index is -0.0774. The molecule has 1 aliphatic carbocycles. The number of nitrogens with one attached hydrogen (secondary N) is 3.